The summed E-state index contributed by atoms with van der Waals surface area (Å²) in [6.45, 7) is 4.00. The summed E-state index contributed by atoms with van der Waals surface area (Å²) in [5.41, 5.74) is 0. The van der Waals surface area contributed by atoms with Gasteiger partial charge in [0.05, 0.1) is 6.20 Å². The molecule has 6 heteroatoms. The first kappa shape index (κ1) is 13.1. The van der Waals surface area contributed by atoms with E-state index in [1.165, 1.54) is 0 Å². The molecule has 0 saturated carbocycles. The molecule has 1 aromatic heterocycles. The molecule has 1 unspecified atom stereocenters. The van der Waals surface area contributed by atoms with Crippen LogP contribution in [0.25, 0.3) is 0 Å². The molecule has 4 nitrogen and oxygen atoms in total. The zero-order chi connectivity index (χ0) is 12.1. The first-order valence-electron chi connectivity index (χ1n) is 5.10. The highest BCUT2D eigenvalue weighted by molar-refractivity contribution is 6.28. The number of aromatic nitrogens is 2. The van der Waals surface area contributed by atoms with Gasteiger partial charge in [0.1, 0.15) is 0 Å². The van der Waals surface area contributed by atoms with Gasteiger partial charge in [-0.1, -0.05) is 13.8 Å². The van der Waals surface area contributed by atoms with Crippen molar-refractivity contribution in [1.29, 1.82) is 0 Å². The highest BCUT2D eigenvalue weighted by atomic mass is 35.5. The van der Waals surface area contributed by atoms with Gasteiger partial charge in [0, 0.05) is 12.6 Å². The van der Waals surface area contributed by atoms with Crippen molar-refractivity contribution in [2.24, 2.45) is 5.92 Å². The Labute approximate surface area is 98.9 Å². The summed E-state index contributed by atoms with van der Waals surface area (Å²) in [6.07, 6.45) is 1.55. The molecule has 0 saturated heterocycles. The Kier molecular flexibility index (Phi) is 4.89. The van der Waals surface area contributed by atoms with Gasteiger partial charge < -0.3 is 10.4 Å². The Hall–Kier alpha value is -0.940. The molecule has 1 atom stereocenters. The molecule has 0 amide bonds. The maximum Gasteiger partial charge on any atom is 0.224 e. The lowest BCUT2D eigenvalue weighted by atomic mass is 10.0. The number of hydrogen-bond donors (Lipinski definition) is 2. The predicted molar refractivity (Wildman–Crippen MR) is 61.0 cm³/mol. The van der Waals surface area contributed by atoms with Gasteiger partial charge in [0.25, 0.3) is 0 Å². The minimum Gasteiger partial charge on any atom is -0.396 e. The van der Waals surface area contributed by atoms with Gasteiger partial charge in [-0.3, -0.25) is 0 Å². The average Bonchev–Trinajstić information content (AvgIpc) is 2.22. The van der Waals surface area contributed by atoms with Crippen LogP contribution in [0.5, 0.6) is 0 Å². The summed E-state index contributed by atoms with van der Waals surface area (Å²) < 4.78 is 13.3. The van der Waals surface area contributed by atoms with Gasteiger partial charge in [0.2, 0.25) is 5.28 Å². The zero-order valence-corrected chi connectivity index (χ0v) is 10.00. The van der Waals surface area contributed by atoms with E-state index in [2.05, 4.69) is 15.3 Å². The molecule has 2 N–H and O–H groups in total. The Bertz CT molecular complexity index is 349. The summed E-state index contributed by atoms with van der Waals surface area (Å²) >= 11 is 5.58. The van der Waals surface area contributed by atoms with E-state index in [9.17, 15) is 4.39 Å². The van der Waals surface area contributed by atoms with Gasteiger partial charge >= 0.3 is 0 Å². The van der Waals surface area contributed by atoms with E-state index in [1.807, 2.05) is 13.8 Å². The predicted octanol–water partition coefficient (Wildman–Crippen LogP) is 2.09. The number of nitrogens with zero attached hydrogens (tertiary/aromatic N) is 2. The van der Waals surface area contributed by atoms with E-state index in [0.29, 0.717) is 6.42 Å². The third-order valence-corrected chi connectivity index (χ3v) is 2.46. The number of rotatable bonds is 5. The maximum atomic E-state index is 13.3. The van der Waals surface area contributed by atoms with E-state index in [1.54, 1.807) is 0 Å². The molecular weight excluding hydrogens is 233 g/mol. The number of aliphatic hydroxyl groups excluding tert-OH is 1. The number of anilines is 1. The van der Waals surface area contributed by atoms with Gasteiger partial charge in [0.15, 0.2) is 11.6 Å². The molecule has 90 valence electrons. The Morgan fingerprint density at radius 3 is 2.81 bits per heavy atom. The fourth-order valence-electron chi connectivity index (χ4n) is 1.33. The molecule has 0 aromatic carbocycles. The second-order valence-electron chi connectivity index (χ2n) is 3.84. The van der Waals surface area contributed by atoms with Crippen LogP contribution in [-0.2, 0) is 0 Å². The van der Waals surface area contributed by atoms with Crippen molar-refractivity contribution in [3.05, 3.63) is 17.3 Å². The number of aliphatic hydroxyl groups is 1. The SMILES string of the molecule is CC(C)C(CCO)Nc1nc(Cl)ncc1F. The first-order valence-corrected chi connectivity index (χ1v) is 5.47. The van der Waals surface area contributed by atoms with E-state index in [4.69, 9.17) is 16.7 Å². The number of halogens is 2. The van der Waals surface area contributed by atoms with Crippen LogP contribution < -0.4 is 5.32 Å². The highest BCUT2D eigenvalue weighted by Crippen LogP contribution is 2.17. The van der Waals surface area contributed by atoms with Gasteiger partial charge in [-0.25, -0.2) is 9.37 Å². The largest absolute Gasteiger partial charge is 0.396 e. The molecule has 0 fully saturated rings. The standard InChI is InChI=1S/C10H15ClFN3O/c1-6(2)8(3-4-16)14-9-7(12)5-13-10(11)15-9/h5-6,8,16H,3-4H2,1-2H3,(H,13,14,15). The van der Waals surface area contributed by atoms with Crippen molar-refractivity contribution in [3.8, 4) is 0 Å². The molecule has 0 spiro atoms. The Balaban J connectivity index is 2.80. The Morgan fingerprint density at radius 1 is 1.56 bits per heavy atom. The molecule has 1 rings (SSSR count). The Morgan fingerprint density at radius 2 is 2.25 bits per heavy atom. The van der Waals surface area contributed by atoms with Crippen molar-refractivity contribution in [2.45, 2.75) is 26.3 Å². The third-order valence-electron chi connectivity index (χ3n) is 2.28. The topological polar surface area (TPSA) is 58.0 Å². The zero-order valence-electron chi connectivity index (χ0n) is 9.24. The monoisotopic (exact) mass is 247 g/mol. The minimum absolute atomic E-state index is 0.00426. The molecule has 0 aliphatic rings. The lowest BCUT2D eigenvalue weighted by molar-refractivity contribution is 0.267. The van der Waals surface area contributed by atoms with Crippen molar-refractivity contribution in [1.82, 2.24) is 9.97 Å². The molecule has 0 bridgehead atoms. The van der Waals surface area contributed by atoms with Gasteiger partial charge in [-0.15, -0.1) is 0 Å². The van der Waals surface area contributed by atoms with E-state index in [0.717, 1.165) is 6.20 Å². The normalized spacial score (nSPS) is 12.9. The molecular formula is C10H15ClFN3O. The van der Waals surface area contributed by atoms with Gasteiger partial charge in [-0.05, 0) is 23.9 Å². The van der Waals surface area contributed by atoms with E-state index in [-0.39, 0.29) is 29.7 Å². The van der Waals surface area contributed by atoms with Crippen molar-refractivity contribution >= 4 is 17.4 Å². The molecule has 1 aromatic rings. The number of nitrogens with one attached hydrogen (secondary N) is 1. The van der Waals surface area contributed by atoms with Crippen LogP contribution in [0.3, 0.4) is 0 Å². The van der Waals surface area contributed by atoms with E-state index >= 15 is 0 Å². The van der Waals surface area contributed by atoms with Crippen molar-refractivity contribution in [3.63, 3.8) is 0 Å². The van der Waals surface area contributed by atoms with Crippen LogP contribution in [0.2, 0.25) is 5.28 Å². The van der Waals surface area contributed by atoms with Crippen molar-refractivity contribution in [2.75, 3.05) is 11.9 Å². The van der Waals surface area contributed by atoms with Crippen LogP contribution in [0.15, 0.2) is 6.20 Å². The smallest absolute Gasteiger partial charge is 0.224 e. The molecule has 1 heterocycles. The third kappa shape index (κ3) is 3.57. The second kappa shape index (κ2) is 5.96. The van der Waals surface area contributed by atoms with Crippen molar-refractivity contribution < 1.29 is 9.50 Å². The maximum absolute atomic E-state index is 13.3. The highest BCUT2D eigenvalue weighted by Gasteiger charge is 2.15. The average molecular weight is 248 g/mol. The summed E-state index contributed by atoms with van der Waals surface area (Å²) in [5.74, 6) is -0.222. The van der Waals surface area contributed by atoms with Crippen LogP contribution in [0.4, 0.5) is 10.2 Å². The van der Waals surface area contributed by atoms with Crippen LogP contribution in [-0.4, -0.2) is 27.7 Å². The fourth-order valence-corrected chi connectivity index (χ4v) is 1.47. The second-order valence-corrected chi connectivity index (χ2v) is 4.18. The van der Waals surface area contributed by atoms with Crippen LogP contribution >= 0.6 is 11.6 Å². The summed E-state index contributed by atoms with van der Waals surface area (Å²) in [5, 5.41) is 11.8. The number of hydrogen-bond acceptors (Lipinski definition) is 4. The summed E-state index contributed by atoms with van der Waals surface area (Å²) in [7, 11) is 0. The lowest BCUT2D eigenvalue weighted by Crippen LogP contribution is -2.27. The van der Waals surface area contributed by atoms with Gasteiger partial charge in [-0.2, -0.15) is 4.98 Å². The summed E-state index contributed by atoms with van der Waals surface area (Å²) in [6, 6.07) is -0.0505. The fraction of sp³-hybridized carbons (Fsp3) is 0.600. The summed E-state index contributed by atoms with van der Waals surface area (Å²) in [4.78, 5) is 7.29. The van der Waals surface area contributed by atoms with Crippen LogP contribution in [0.1, 0.15) is 20.3 Å². The first-order chi connectivity index (χ1) is 7.54. The van der Waals surface area contributed by atoms with E-state index < -0.39 is 5.82 Å². The minimum atomic E-state index is -0.548. The lowest BCUT2D eigenvalue weighted by Gasteiger charge is -2.22. The molecule has 0 radical (unpaired) electrons. The molecule has 16 heavy (non-hydrogen) atoms. The quantitative estimate of drug-likeness (QED) is 0.783. The molecule has 0 aliphatic heterocycles. The molecule has 0 aliphatic carbocycles. The van der Waals surface area contributed by atoms with Crippen LogP contribution in [0, 0.1) is 11.7 Å².